The van der Waals surface area contributed by atoms with Crippen LogP contribution in [0.25, 0.3) is 0 Å². The second kappa shape index (κ2) is 5.92. The van der Waals surface area contributed by atoms with E-state index < -0.39 is 0 Å². The van der Waals surface area contributed by atoms with Gasteiger partial charge in [-0.2, -0.15) is 0 Å². The second-order valence-corrected chi connectivity index (χ2v) is 4.24. The third kappa shape index (κ3) is 3.54. The molecule has 0 radical (unpaired) electrons. The Kier molecular flexibility index (Phi) is 4.25. The lowest BCUT2D eigenvalue weighted by Gasteiger charge is -2.14. The second-order valence-electron chi connectivity index (χ2n) is 4.24. The van der Waals surface area contributed by atoms with E-state index in [1.54, 1.807) is 6.20 Å². The van der Waals surface area contributed by atoms with Crippen LogP contribution in [0.5, 0.6) is 0 Å². The fourth-order valence-corrected chi connectivity index (χ4v) is 2.03. The SMILES string of the molecule is Fc1cncc(CNCCN2CCCC2)c1. The summed E-state index contributed by atoms with van der Waals surface area (Å²) >= 11 is 0. The molecule has 0 aliphatic carbocycles. The van der Waals surface area contributed by atoms with E-state index in [9.17, 15) is 4.39 Å². The van der Waals surface area contributed by atoms with Gasteiger partial charge in [-0.1, -0.05) is 0 Å². The van der Waals surface area contributed by atoms with Crippen molar-refractivity contribution < 1.29 is 4.39 Å². The van der Waals surface area contributed by atoms with Crippen molar-refractivity contribution in [3.05, 3.63) is 29.8 Å². The van der Waals surface area contributed by atoms with Gasteiger partial charge < -0.3 is 10.2 Å². The van der Waals surface area contributed by atoms with E-state index in [1.807, 2.05) is 0 Å². The maximum atomic E-state index is 12.8. The normalized spacial score (nSPS) is 16.8. The quantitative estimate of drug-likeness (QED) is 0.765. The Hall–Kier alpha value is -1.00. The number of nitrogens with one attached hydrogen (secondary N) is 1. The zero-order chi connectivity index (χ0) is 11.2. The Morgan fingerprint density at radius 2 is 2.12 bits per heavy atom. The van der Waals surface area contributed by atoms with Gasteiger partial charge in [0.05, 0.1) is 6.20 Å². The van der Waals surface area contributed by atoms with Crippen molar-refractivity contribution in [1.29, 1.82) is 0 Å². The van der Waals surface area contributed by atoms with Crippen molar-refractivity contribution in [2.24, 2.45) is 0 Å². The van der Waals surface area contributed by atoms with Crippen molar-refractivity contribution in [2.45, 2.75) is 19.4 Å². The Morgan fingerprint density at radius 3 is 2.88 bits per heavy atom. The molecule has 0 atom stereocenters. The third-order valence-corrected chi connectivity index (χ3v) is 2.89. The molecule has 1 saturated heterocycles. The monoisotopic (exact) mass is 223 g/mol. The Balaban J connectivity index is 1.64. The summed E-state index contributed by atoms with van der Waals surface area (Å²) in [7, 11) is 0. The number of nitrogens with zero attached hydrogens (tertiary/aromatic N) is 2. The lowest BCUT2D eigenvalue weighted by molar-refractivity contribution is 0.335. The summed E-state index contributed by atoms with van der Waals surface area (Å²) in [6.07, 6.45) is 5.58. The number of hydrogen-bond donors (Lipinski definition) is 1. The van der Waals surface area contributed by atoms with E-state index in [1.165, 1.54) is 38.2 Å². The zero-order valence-corrected chi connectivity index (χ0v) is 9.45. The van der Waals surface area contributed by atoms with Gasteiger partial charge in [0.1, 0.15) is 5.82 Å². The molecule has 0 unspecified atom stereocenters. The minimum absolute atomic E-state index is 0.265. The van der Waals surface area contributed by atoms with Crippen LogP contribution in [0, 0.1) is 5.82 Å². The first-order valence-corrected chi connectivity index (χ1v) is 5.87. The number of likely N-dealkylation sites (tertiary alicyclic amines) is 1. The van der Waals surface area contributed by atoms with Crippen LogP contribution >= 0.6 is 0 Å². The minimum Gasteiger partial charge on any atom is -0.311 e. The standard InChI is InChI=1S/C12H18FN3/c13-12-7-11(9-15-10-12)8-14-3-6-16-4-1-2-5-16/h7,9-10,14H,1-6,8H2. The molecule has 2 rings (SSSR count). The van der Waals surface area contributed by atoms with Gasteiger partial charge in [0.15, 0.2) is 0 Å². The van der Waals surface area contributed by atoms with Gasteiger partial charge >= 0.3 is 0 Å². The van der Waals surface area contributed by atoms with E-state index >= 15 is 0 Å². The van der Waals surface area contributed by atoms with Gasteiger partial charge in [0.25, 0.3) is 0 Å². The van der Waals surface area contributed by atoms with Crippen molar-refractivity contribution in [1.82, 2.24) is 15.2 Å². The van der Waals surface area contributed by atoms with Gasteiger partial charge in [0.2, 0.25) is 0 Å². The van der Waals surface area contributed by atoms with Gasteiger partial charge in [-0.15, -0.1) is 0 Å². The van der Waals surface area contributed by atoms with Crippen LogP contribution in [0.2, 0.25) is 0 Å². The summed E-state index contributed by atoms with van der Waals surface area (Å²) in [5, 5.41) is 3.31. The highest BCUT2D eigenvalue weighted by Gasteiger charge is 2.09. The van der Waals surface area contributed by atoms with Crippen LogP contribution in [0.4, 0.5) is 4.39 Å². The molecule has 1 aromatic rings. The average Bonchev–Trinajstić information content (AvgIpc) is 2.77. The predicted molar refractivity (Wildman–Crippen MR) is 61.6 cm³/mol. The Morgan fingerprint density at radius 1 is 1.31 bits per heavy atom. The molecule has 1 fully saturated rings. The largest absolute Gasteiger partial charge is 0.311 e. The topological polar surface area (TPSA) is 28.2 Å². The number of aromatic nitrogens is 1. The molecule has 2 heterocycles. The van der Waals surface area contributed by atoms with Crippen LogP contribution in [-0.4, -0.2) is 36.1 Å². The Labute approximate surface area is 95.7 Å². The molecule has 0 aromatic carbocycles. The highest BCUT2D eigenvalue weighted by atomic mass is 19.1. The van der Waals surface area contributed by atoms with E-state index in [0.717, 1.165) is 18.7 Å². The smallest absolute Gasteiger partial charge is 0.141 e. The van der Waals surface area contributed by atoms with Gasteiger partial charge in [0, 0.05) is 25.8 Å². The molecule has 0 bridgehead atoms. The van der Waals surface area contributed by atoms with E-state index in [0.29, 0.717) is 6.54 Å². The van der Waals surface area contributed by atoms with Crippen molar-refractivity contribution >= 4 is 0 Å². The number of rotatable bonds is 5. The lowest BCUT2D eigenvalue weighted by Crippen LogP contribution is -2.29. The average molecular weight is 223 g/mol. The third-order valence-electron chi connectivity index (χ3n) is 2.89. The van der Waals surface area contributed by atoms with Crippen LogP contribution in [-0.2, 0) is 6.54 Å². The molecule has 4 heteroatoms. The van der Waals surface area contributed by atoms with Gasteiger partial charge in [-0.05, 0) is 37.6 Å². The molecule has 0 saturated carbocycles. The zero-order valence-electron chi connectivity index (χ0n) is 9.45. The summed E-state index contributed by atoms with van der Waals surface area (Å²) < 4.78 is 12.8. The first kappa shape index (κ1) is 11.5. The Bertz CT molecular complexity index is 324. The fourth-order valence-electron chi connectivity index (χ4n) is 2.03. The molecule has 1 aromatic heterocycles. The molecule has 0 spiro atoms. The molecule has 16 heavy (non-hydrogen) atoms. The first-order valence-electron chi connectivity index (χ1n) is 5.87. The fraction of sp³-hybridized carbons (Fsp3) is 0.583. The number of pyridine rings is 1. The van der Waals surface area contributed by atoms with Crippen molar-refractivity contribution in [3.8, 4) is 0 Å². The molecule has 0 amide bonds. The van der Waals surface area contributed by atoms with E-state index in [2.05, 4.69) is 15.2 Å². The molecule has 1 aliphatic rings. The number of halogens is 1. The van der Waals surface area contributed by atoms with Crippen LogP contribution in [0.3, 0.4) is 0 Å². The van der Waals surface area contributed by atoms with Gasteiger partial charge in [-0.3, -0.25) is 4.98 Å². The van der Waals surface area contributed by atoms with Crippen molar-refractivity contribution in [2.75, 3.05) is 26.2 Å². The van der Waals surface area contributed by atoms with Crippen molar-refractivity contribution in [3.63, 3.8) is 0 Å². The highest BCUT2D eigenvalue weighted by Crippen LogP contribution is 2.05. The van der Waals surface area contributed by atoms with Crippen LogP contribution < -0.4 is 5.32 Å². The minimum atomic E-state index is -0.265. The maximum Gasteiger partial charge on any atom is 0.141 e. The maximum absolute atomic E-state index is 12.8. The highest BCUT2D eigenvalue weighted by molar-refractivity contribution is 5.09. The van der Waals surface area contributed by atoms with E-state index in [-0.39, 0.29) is 5.82 Å². The molecule has 1 aliphatic heterocycles. The molecule has 3 nitrogen and oxygen atoms in total. The summed E-state index contributed by atoms with van der Waals surface area (Å²) in [4.78, 5) is 6.27. The number of hydrogen-bond acceptors (Lipinski definition) is 3. The van der Waals surface area contributed by atoms with E-state index in [4.69, 9.17) is 0 Å². The van der Waals surface area contributed by atoms with Crippen LogP contribution in [0.1, 0.15) is 18.4 Å². The van der Waals surface area contributed by atoms with Gasteiger partial charge in [-0.25, -0.2) is 4.39 Å². The molecular formula is C12H18FN3. The first-order chi connectivity index (χ1) is 7.84. The van der Waals surface area contributed by atoms with Crippen LogP contribution in [0.15, 0.2) is 18.5 Å². The molecule has 88 valence electrons. The lowest BCUT2D eigenvalue weighted by atomic mass is 10.3. The summed E-state index contributed by atoms with van der Waals surface area (Å²) in [5.41, 5.74) is 0.904. The predicted octanol–water partition coefficient (Wildman–Crippen LogP) is 1.41. The molecule has 1 N–H and O–H groups in total. The summed E-state index contributed by atoms with van der Waals surface area (Å²) in [5.74, 6) is -0.265. The molecular weight excluding hydrogens is 205 g/mol. The summed E-state index contributed by atoms with van der Waals surface area (Å²) in [6.45, 7) is 5.18. The summed E-state index contributed by atoms with van der Waals surface area (Å²) in [6, 6.07) is 1.52.